The third kappa shape index (κ3) is 11.3. The van der Waals surface area contributed by atoms with E-state index in [2.05, 4.69) is 20.8 Å². The minimum Gasteiger partial charge on any atom is -0.411 e. The molecule has 0 saturated heterocycles. The van der Waals surface area contributed by atoms with Crippen LogP contribution in [0.3, 0.4) is 0 Å². The molecule has 6 nitrogen and oxygen atoms in total. The first-order valence-corrected chi connectivity index (χ1v) is 11.0. The van der Waals surface area contributed by atoms with Crippen LogP contribution in [-0.4, -0.2) is 76.5 Å². The largest absolute Gasteiger partial charge is 0.411 e. The zero-order chi connectivity index (χ0) is 21.2. The number of ether oxygens (including phenoxy) is 4. The highest BCUT2D eigenvalue weighted by atomic mass is 16.6. The summed E-state index contributed by atoms with van der Waals surface area (Å²) in [6.45, 7) is 12.9. The molecule has 1 rings (SSSR count). The van der Waals surface area contributed by atoms with Gasteiger partial charge in [0.15, 0.2) is 0 Å². The summed E-state index contributed by atoms with van der Waals surface area (Å²) >= 11 is 0. The van der Waals surface area contributed by atoms with E-state index in [0.29, 0.717) is 29.9 Å². The maximum atomic E-state index is 12.5. The lowest BCUT2D eigenvalue weighted by molar-refractivity contribution is -0.944. The lowest BCUT2D eigenvalue weighted by Crippen LogP contribution is -2.55. The van der Waals surface area contributed by atoms with Crippen molar-refractivity contribution in [1.82, 2.24) is 0 Å². The van der Waals surface area contributed by atoms with E-state index in [1.807, 2.05) is 18.2 Å². The molecule has 0 amide bonds. The molecule has 0 aromatic heterocycles. The fourth-order valence-corrected chi connectivity index (χ4v) is 2.90. The van der Waals surface area contributed by atoms with Crippen molar-refractivity contribution in [2.24, 2.45) is 0 Å². The van der Waals surface area contributed by atoms with Crippen LogP contribution in [0.1, 0.15) is 50.4 Å². The van der Waals surface area contributed by atoms with E-state index in [9.17, 15) is 4.79 Å². The highest BCUT2D eigenvalue weighted by molar-refractivity contribution is 5.89. The minimum absolute atomic E-state index is 0.286. The van der Waals surface area contributed by atoms with Gasteiger partial charge in [0.25, 0.3) is 0 Å². The standard InChI is InChI=1S/C23H40NO5/c1-4-15-26-18-12-24(13-19-27-16-5-2,14-20-28-17-6-3)21-29-23(25)22-10-8-7-9-11-22/h7-11H,4-6,12-21H2,1-3H3/q+1. The van der Waals surface area contributed by atoms with Crippen molar-refractivity contribution >= 4 is 5.97 Å². The van der Waals surface area contributed by atoms with Gasteiger partial charge < -0.3 is 18.9 Å². The second-order valence-corrected chi connectivity index (χ2v) is 7.28. The predicted molar refractivity (Wildman–Crippen MR) is 115 cm³/mol. The van der Waals surface area contributed by atoms with E-state index in [4.69, 9.17) is 18.9 Å². The first-order valence-electron chi connectivity index (χ1n) is 11.0. The van der Waals surface area contributed by atoms with Crippen molar-refractivity contribution in [3.05, 3.63) is 35.9 Å². The summed E-state index contributed by atoms with van der Waals surface area (Å²) < 4.78 is 23.6. The number of hydrogen-bond donors (Lipinski definition) is 0. The number of carbonyl (C=O) groups is 1. The summed E-state index contributed by atoms with van der Waals surface area (Å²) in [5.74, 6) is -0.300. The lowest BCUT2D eigenvalue weighted by Gasteiger charge is -2.37. The summed E-state index contributed by atoms with van der Waals surface area (Å²) in [5, 5.41) is 0. The first kappa shape index (κ1) is 25.6. The molecule has 0 bridgehead atoms. The van der Waals surface area contributed by atoms with Gasteiger partial charge in [-0.1, -0.05) is 39.0 Å². The number of quaternary nitrogens is 1. The van der Waals surface area contributed by atoms with Gasteiger partial charge >= 0.3 is 5.97 Å². The molecule has 0 radical (unpaired) electrons. The lowest BCUT2D eigenvalue weighted by atomic mass is 10.2. The Kier molecular flexibility index (Phi) is 14.4. The van der Waals surface area contributed by atoms with Gasteiger partial charge in [-0.05, 0) is 31.4 Å². The third-order valence-electron chi connectivity index (χ3n) is 4.65. The Balaban J connectivity index is 2.77. The van der Waals surface area contributed by atoms with Crippen molar-refractivity contribution in [2.75, 3.05) is 66.0 Å². The Labute approximate surface area is 176 Å². The molecule has 0 spiro atoms. The van der Waals surface area contributed by atoms with E-state index < -0.39 is 0 Å². The molecule has 6 heteroatoms. The third-order valence-corrected chi connectivity index (χ3v) is 4.65. The second-order valence-electron chi connectivity index (χ2n) is 7.28. The van der Waals surface area contributed by atoms with Gasteiger partial charge in [-0.25, -0.2) is 4.79 Å². The average molecular weight is 411 g/mol. The zero-order valence-corrected chi connectivity index (χ0v) is 18.6. The highest BCUT2D eigenvalue weighted by Gasteiger charge is 2.29. The molecule has 0 aliphatic carbocycles. The fourth-order valence-electron chi connectivity index (χ4n) is 2.90. The molecule has 0 aliphatic rings. The van der Waals surface area contributed by atoms with E-state index in [1.165, 1.54) is 0 Å². The molecule has 0 atom stereocenters. The van der Waals surface area contributed by atoms with Crippen LogP contribution in [0.4, 0.5) is 0 Å². The molecule has 0 saturated carbocycles. The van der Waals surface area contributed by atoms with Crippen molar-refractivity contribution in [2.45, 2.75) is 40.0 Å². The van der Waals surface area contributed by atoms with Gasteiger partial charge in [0, 0.05) is 19.8 Å². The SMILES string of the molecule is CCCOCC[N+](CCOCCC)(CCOCCC)COC(=O)c1ccccc1. The van der Waals surface area contributed by atoms with Crippen LogP contribution in [0.15, 0.2) is 30.3 Å². The Hall–Kier alpha value is -1.47. The maximum Gasteiger partial charge on any atom is 0.342 e. The molecule has 0 unspecified atom stereocenters. The number of carbonyl (C=O) groups excluding carboxylic acids is 1. The van der Waals surface area contributed by atoms with Crippen LogP contribution in [0, 0.1) is 0 Å². The van der Waals surface area contributed by atoms with Crippen LogP contribution in [0.5, 0.6) is 0 Å². The molecule has 29 heavy (non-hydrogen) atoms. The van der Waals surface area contributed by atoms with E-state index in [-0.39, 0.29) is 12.7 Å². The minimum atomic E-state index is -0.300. The fraction of sp³-hybridized carbons (Fsp3) is 0.696. The Morgan fingerprint density at radius 2 is 1.17 bits per heavy atom. The molecule has 0 N–H and O–H groups in total. The Morgan fingerprint density at radius 1 is 0.724 bits per heavy atom. The normalized spacial score (nSPS) is 11.6. The van der Waals surface area contributed by atoms with Crippen LogP contribution >= 0.6 is 0 Å². The topological polar surface area (TPSA) is 54.0 Å². The molecule has 1 aromatic carbocycles. The number of esters is 1. The highest BCUT2D eigenvalue weighted by Crippen LogP contribution is 2.11. The van der Waals surface area contributed by atoms with Gasteiger partial charge in [-0.15, -0.1) is 0 Å². The van der Waals surface area contributed by atoms with Gasteiger partial charge in [-0.3, -0.25) is 4.48 Å². The maximum absolute atomic E-state index is 12.5. The zero-order valence-electron chi connectivity index (χ0n) is 18.6. The smallest absolute Gasteiger partial charge is 0.342 e. The van der Waals surface area contributed by atoms with Gasteiger partial charge in [0.05, 0.1) is 25.4 Å². The summed E-state index contributed by atoms with van der Waals surface area (Å²) in [6.07, 6.45) is 2.96. The number of nitrogens with zero attached hydrogens (tertiary/aromatic N) is 1. The summed E-state index contributed by atoms with van der Waals surface area (Å²) in [7, 11) is 0. The molecule has 0 aliphatic heterocycles. The van der Waals surface area contributed by atoms with Gasteiger partial charge in [-0.2, -0.15) is 0 Å². The van der Waals surface area contributed by atoms with Crippen molar-refractivity contribution in [1.29, 1.82) is 0 Å². The molecular formula is C23H40NO5+. The quantitative estimate of drug-likeness (QED) is 0.159. The monoisotopic (exact) mass is 410 g/mol. The second kappa shape index (κ2) is 16.3. The molecule has 1 aromatic rings. The van der Waals surface area contributed by atoms with E-state index in [1.54, 1.807) is 12.1 Å². The van der Waals surface area contributed by atoms with Gasteiger partial charge in [0.1, 0.15) is 19.6 Å². The van der Waals surface area contributed by atoms with Crippen LogP contribution in [-0.2, 0) is 18.9 Å². The van der Waals surface area contributed by atoms with E-state index in [0.717, 1.165) is 58.7 Å². The molecule has 166 valence electrons. The predicted octanol–water partition coefficient (Wildman–Crippen LogP) is 3.90. The van der Waals surface area contributed by atoms with Gasteiger partial charge in [0.2, 0.25) is 6.73 Å². The average Bonchev–Trinajstić information content (AvgIpc) is 2.76. The summed E-state index contributed by atoms with van der Waals surface area (Å²) in [4.78, 5) is 12.5. The number of hydrogen-bond acceptors (Lipinski definition) is 5. The number of rotatable bonds is 18. The summed E-state index contributed by atoms with van der Waals surface area (Å²) in [5.41, 5.74) is 0.567. The van der Waals surface area contributed by atoms with Crippen LogP contribution in [0.25, 0.3) is 0 Å². The first-order chi connectivity index (χ1) is 14.2. The van der Waals surface area contributed by atoms with Crippen molar-refractivity contribution in [3.63, 3.8) is 0 Å². The van der Waals surface area contributed by atoms with Crippen LogP contribution in [0.2, 0.25) is 0 Å². The molecule has 0 fully saturated rings. The van der Waals surface area contributed by atoms with Crippen molar-refractivity contribution in [3.8, 4) is 0 Å². The van der Waals surface area contributed by atoms with Crippen molar-refractivity contribution < 1.29 is 28.2 Å². The Morgan fingerprint density at radius 3 is 1.59 bits per heavy atom. The van der Waals surface area contributed by atoms with E-state index >= 15 is 0 Å². The molecule has 0 heterocycles. The number of benzene rings is 1. The Bertz CT molecular complexity index is 492. The van der Waals surface area contributed by atoms with Crippen LogP contribution < -0.4 is 0 Å². The summed E-state index contributed by atoms with van der Waals surface area (Å²) in [6, 6.07) is 9.12. The molecular weight excluding hydrogens is 370 g/mol.